The summed E-state index contributed by atoms with van der Waals surface area (Å²) in [5, 5.41) is 2.30. The van der Waals surface area contributed by atoms with E-state index in [9.17, 15) is 31.2 Å². The molecule has 2 amide bonds. The Morgan fingerprint density at radius 3 is 2.10 bits per heavy atom. The molecule has 0 radical (unpaired) electrons. The van der Waals surface area contributed by atoms with Crippen molar-refractivity contribution in [3.63, 3.8) is 0 Å². The molecule has 0 aliphatic heterocycles. The van der Waals surface area contributed by atoms with Gasteiger partial charge in [0, 0.05) is 23.0 Å². The van der Waals surface area contributed by atoms with E-state index < -0.39 is 62.4 Å². The van der Waals surface area contributed by atoms with Crippen LogP contribution in [0.25, 0.3) is 0 Å². The number of carbonyl (C=O) groups is 2. The average molecular weight is 779 g/mol. The topological polar surface area (TPSA) is 86.8 Å². The van der Waals surface area contributed by atoms with Crippen LogP contribution >= 0.6 is 27.5 Å². The normalized spacial score (nSPS) is 12.7. The van der Waals surface area contributed by atoms with Gasteiger partial charge in [-0.3, -0.25) is 13.9 Å². The van der Waals surface area contributed by atoms with Crippen molar-refractivity contribution in [3.8, 4) is 0 Å². The molecule has 0 spiro atoms. The van der Waals surface area contributed by atoms with E-state index in [0.717, 1.165) is 23.3 Å². The third-order valence-corrected chi connectivity index (χ3v) is 10.1. The third kappa shape index (κ3) is 10.1. The zero-order valence-electron chi connectivity index (χ0n) is 27.3. The number of carbonyl (C=O) groups excluding carboxylic acids is 2. The minimum atomic E-state index is -4.91. The van der Waals surface area contributed by atoms with Crippen molar-refractivity contribution >= 4 is 55.1 Å². The van der Waals surface area contributed by atoms with E-state index in [1.54, 1.807) is 88.4 Å². The van der Waals surface area contributed by atoms with E-state index >= 15 is 0 Å². The summed E-state index contributed by atoms with van der Waals surface area (Å²) in [6.45, 7) is 6.10. The molecule has 260 valence electrons. The number of aryl methyl sites for hydroxylation is 1. The summed E-state index contributed by atoms with van der Waals surface area (Å²) >= 11 is 9.32. The number of benzene rings is 4. The van der Waals surface area contributed by atoms with Crippen molar-refractivity contribution in [2.75, 3.05) is 10.8 Å². The summed E-state index contributed by atoms with van der Waals surface area (Å²) in [4.78, 5) is 29.6. The Labute approximate surface area is 298 Å². The highest BCUT2D eigenvalue weighted by molar-refractivity contribution is 9.10. The van der Waals surface area contributed by atoms with E-state index in [-0.39, 0.29) is 17.9 Å². The number of sulfonamides is 1. The van der Waals surface area contributed by atoms with Crippen LogP contribution in [0.3, 0.4) is 0 Å². The van der Waals surface area contributed by atoms with Crippen molar-refractivity contribution in [1.82, 2.24) is 10.2 Å². The Morgan fingerprint density at radius 1 is 0.878 bits per heavy atom. The molecule has 1 atom stereocenters. The zero-order chi connectivity index (χ0) is 36.1. The Kier molecular flexibility index (Phi) is 11.9. The summed E-state index contributed by atoms with van der Waals surface area (Å²) in [7, 11) is -4.62. The molecular weight excluding hydrogens is 743 g/mol. The first-order valence-electron chi connectivity index (χ1n) is 15.2. The van der Waals surface area contributed by atoms with Crippen LogP contribution in [0.2, 0.25) is 5.02 Å². The van der Waals surface area contributed by atoms with Crippen molar-refractivity contribution < 1.29 is 31.2 Å². The second kappa shape index (κ2) is 15.3. The van der Waals surface area contributed by atoms with Gasteiger partial charge in [0.25, 0.3) is 10.0 Å². The molecule has 4 aromatic carbocycles. The molecule has 13 heteroatoms. The molecule has 7 nitrogen and oxygen atoms in total. The summed E-state index contributed by atoms with van der Waals surface area (Å²) in [5.74, 6) is -1.30. The smallest absolute Gasteiger partial charge is 0.350 e. The minimum Gasteiger partial charge on any atom is -0.350 e. The highest BCUT2D eigenvalue weighted by Gasteiger charge is 2.38. The van der Waals surface area contributed by atoms with Crippen LogP contribution in [-0.4, -0.2) is 43.3 Å². The first-order chi connectivity index (χ1) is 22.8. The van der Waals surface area contributed by atoms with Crippen LogP contribution in [0.15, 0.2) is 106 Å². The molecule has 0 bridgehead atoms. The lowest BCUT2D eigenvalue weighted by molar-refractivity contribution is -0.140. The minimum absolute atomic E-state index is 0.0758. The number of amides is 2. The second-order valence-corrected chi connectivity index (χ2v) is 15.8. The molecule has 0 aromatic heterocycles. The average Bonchev–Trinajstić information content (AvgIpc) is 3.01. The van der Waals surface area contributed by atoms with Gasteiger partial charge in [-0.15, -0.1) is 0 Å². The zero-order valence-corrected chi connectivity index (χ0v) is 30.4. The molecule has 0 saturated carbocycles. The SMILES string of the molecule is Cc1ccc(S(=O)(=O)N(CC(=O)N(Cc2cccc(Br)c2)C(Cc2ccccc2)C(=O)NC(C)(C)C)c2ccc(Cl)c(C(F)(F)F)c2)cc1. The van der Waals surface area contributed by atoms with E-state index in [4.69, 9.17) is 11.6 Å². The van der Waals surface area contributed by atoms with Gasteiger partial charge in [-0.25, -0.2) is 8.42 Å². The first kappa shape index (κ1) is 37.9. The van der Waals surface area contributed by atoms with Crippen LogP contribution in [0.5, 0.6) is 0 Å². The number of rotatable bonds is 11. The predicted octanol–water partition coefficient (Wildman–Crippen LogP) is 8.18. The molecule has 0 aliphatic carbocycles. The predicted molar refractivity (Wildman–Crippen MR) is 189 cm³/mol. The van der Waals surface area contributed by atoms with E-state index in [0.29, 0.717) is 20.4 Å². The maximum absolute atomic E-state index is 14.6. The summed E-state index contributed by atoms with van der Waals surface area (Å²) < 4.78 is 71.7. The fourth-order valence-corrected chi connectivity index (χ4v) is 7.17. The van der Waals surface area contributed by atoms with Gasteiger partial charge in [0.05, 0.1) is 21.2 Å². The Morgan fingerprint density at radius 2 is 1.51 bits per heavy atom. The standard InChI is InChI=1S/C36H36BrClF3N3O4S/c1-24-13-16-29(17-14-24)49(47,48)44(28-15-18-31(38)30(21-28)36(39,40)41)23-33(45)43(22-26-11-8-12-27(37)19-26)32(34(46)42-35(2,3)4)20-25-9-6-5-7-10-25/h5-19,21,32H,20,22-23H2,1-4H3,(H,42,46). The monoisotopic (exact) mass is 777 g/mol. The number of halogens is 5. The lowest BCUT2D eigenvalue weighted by Crippen LogP contribution is -2.56. The lowest BCUT2D eigenvalue weighted by Gasteiger charge is -2.35. The van der Waals surface area contributed by atoms with Gasteiger partial charge < -0.3 is 10.2 Å². The number of nitrogens with one attached hydrogen (secondary N) is 1. The third-order valence-electron chi connectivity index (χ3n) is 7.44. The molecular formula is C36H36BrClF3N3O4S. The van der Waals surface area contributed by atoms with E-state index in [2.05, 4.69) is 21.2 Å². The molecule has 4 aromatic rings. The van der Waals surface area contributed by atoms with Crippen LogP contribution in [0.1, 0.15) is 43.0 Å². The molecule has 1 unspecified atom stereocenters. The lowest BCUT2D eigenvalue weighted by atomic mass is 10.0. The van der Waals surface area contributed by atoms with E-state index in [1.165, 1.54) is 17.0 Å². The fourth-order valence-electron chi connectivity index (χ4n) is 5.09. The second-order valence-electron chi connectivity index (χ2n) is 12.6. The maximum atomic E-state index is 14.6. The molecule has 0 fully saturated rings. The maximum Gasteiger partial charge on any atom is 0.417 e. The quantitative estimate of drug-likeness (QED) is 0.167. The summed E-state index contributed by atoms with van der Waals surface area (Å²) in [5.41, 5.74) is -0.258. The number of hydrogen-bond acceptors (Lipinski definition) is 4. The number of anilines is 1. The van der Waals surface area contributed by atoms with Gasteiger partial charge in [-0.05, 0) is 81.3 Å². The molecule has 0 heterocycles. The summed E-state index contributed by atoms with van der Waals surface area (Å²) in [6.07, 6.45) is -4.83. The highest BCUT2D eigenvalue weighted by atomic mass is 79.9. The van der Waals surface area contributed by atoms with Crippen molar-refractivity contribution in [1.29, 1.82) is 0 Å². The molecule has 0 saturated heterocycles. The first-order valence-corrected chi connectivity index (χ1v) is 17.8. The van der Waals surface area contributed by atoms with Gasteiger partial charge >= 0.3 is 6.18 Å². The largest absolute Gasteiger partial charge is 0.417 e. The molecule has 1 N–H and O–H groups in total. The van der Waals surface area contributed by atoms with Gasteiger partial charge in [-0.2, -0.15) is 13.2 Å². The number of hydrogen-bond donors (Lipinski definition) is 1. The van der Waals surface area contributed by atoms with Crippen LogP contribution in [-0.2, 0) is 38.8 Å². The highest BCUT2D eigenvalue weighted by Crippen LogP contribution is 2.38. The van der Waals surface area contributed by atoms with Crippen LogP contribution < -0.4 is 9.62 Å². The fraction of sp³-hybridized carbons (Fsp3) is 0.278. The van der Waals surface area contributed by atoms with Crippen LogP contribution in [0.4, 0.5) is 18.9 Å². The Balaban J connectivity index is 1.88. The summed E-state index contributed by atoms with van der Waals surface area (Å²) in [6, 6.07) is 23.3. The molecule has 4 rings (SSSR count). The molecule has 0 aliphatic rings. The van der Waals surface area contributed by atoms with Crippen molar-refractivity contribution in [3.05, 3.63) is 129 Å². The number of alkyl halides is 3. The van der Waals surface area contributed by atoms with E-state index in [1.807, 2.05) is 6.07 Å². The molecule has 49 heavy (non-hydrogen) atoms. The van der Waals surface area contributed by atoms with Gasteiger partial charge in [0.1, 0.15) is 12.6 Å². The van der Waals surface area contributed by atoms with Gasteiger partial charge in [0.2, 0.25) is 11.8 Å². The Hall–Kier alpha value is -3.87. The van der Waals surface area contributed by atoms with Gasteiger partial charge in [-0.1, -0.05) is 87.7 Å². The van der Waals surface area contributed by atoms with Crippen molar-refractivity contribution in [2.24, 2.45) is 0 Å². The van der Waals surface area contributed by atoms with Crippen molar-refractivity contribution in [2.45, 2.75) is 63.3 Å². The van der Waals surface area contributed by atoms with Gasteiger partial charge in [0.15, 0.2) is 0 Å². The number of nitrogens with zero attached hydrogens (tertiary/aromatic N) is 2. The Bertz CT molecular complexity index is 1900. The van der Waals surface area contributed by atoms with Crippen LogP contribution in [0, 0.1) is 6.92 Å².